The zero-order valence-corrected chi connectivity index (χ0v) is 13.5. The predicted molar refractivity (Wildman–Crippen MR) is 88.6 cm³/mol. The molecule has 0 unspecified atom stereocenters. The van der Waals surface area contributed by atoms with E-state index in [-0.39, 0.29) is 23.7 Å². The van der Waals surface area contributed by atoms with Gasteiger partial charge < -0.3 is 9.72 Å². The summed E-state index contributed by atoms with van der Waals surface area (Å²) in [6.45, 7) is 0. The number of aromatic nitrogens is 1. The zero-order chi connectivity index (χ0) is 18.0. The monoisotopic (exact) mass is 347 g/mol. The summed E-state index contributed by atoms with van der Waals surface area (Å²) in [7, 11) is 1.31. The molecule has 0 fully saturated rings. The smallest absolute Gasteiger partial charge is 0.305 e. The number of carbonyl (C=O) groups is 1. The summed E-state index contributed by atoms with van der Waals surface area (Å²) < 4.78 is 45.6. The molecule has 0 atom stereocenters. The highest BCUT2D eigenvalue weighted by molar-refractivity contribution is 5.91. The van der Waals surface area contributed by atoms with Crippen LogP contribution in [-0.4, -0.2) is 18.1 Å². The van der Waals surface area contributed by atoms with Crippen molar-refractivity contribution in [2.45, 2.75) is 19.3 Å². The maximum absolute atomic E-state index is 14.1. The van der Waals surface area contributed by atoms with Crippen molar-refractivity contribution in [3.63, 3.8) is 0 Å². The van der Waals surface area contributed by atoms with Gasteiger partial charge in [0.05, 0.1) is 12.6 Å². The molecule has 0 aliphatic carbocycles. The molecule has 3 nitrogen and oxygen atoms in total. The summed E-state index contributed by atoms with van der Waals surface area (Å²) in [5.41, 5.74) is 2.12. The lowest BCUT2D eigenvalue weighted by atomic mass is 10.00. The van der Waals surface area contributed by atoms with E-state index in [0.717, 1.165) is 6.07 Å². The van der Waals surface area contributed by atoms with Crippen LogP contribution in [0.3, 0.4) is 0 Å². The Labute approximate surface area is 142 Å². The van der Waals surface area contributed by atoms with Crippen LogP contribution in [0, 0.1) is 17.5 Å². The fourth-order valence-electron chi connectivity index (χ4n) is 2.91. The predicted octanol–water partition coefficient (Wildman–Crippen LogP) is 4.75. The first-order valence-corrected chi connectivity index (χ1v) is 7.82. The van der Waals surface area contributed by atoms with Gasteiger partial charge >= 0.3 is 5.97 Å². The van der Waals surface area contributed by atoms with Crippen molar-refractivity contribution in [1.82, 2.24) is 4.98 Å². The van der Waals surface area contributed by atoms with Gasteiger partial charge in [-0.1, -0.05) is 0 Å². The van der Waals surface area contributed by atoms with E-state index in [1.54, 1.807) is 12.1 Å². The zero-order valence-electron chi connectivity index (χ0n) is 13.5. The van der Waals surface area contributed by atoms with E-state index in [9.17, 15) is 18.0 Å². The number of aryl methyl sites for hydroxylation is 1. The van der Waals surface area contributed by atoms with E-state index < -0.39 is 11.6 Å². The van der Waals surface area contributed by atoms with Crippen molar-refractivity contribution in [3.8, 4) is 11.3 Å². The number of nitrogens with one attached hydrogen (secondary N) is 1. The molecule has 1 heterocycles. The van der Waals surface area contributed by atoms with Crippen LogP contribution in [-0.2, 0) is 16.0 Å². The van der Waals surface area contributed by atoms with Crippen molar-refractivity contribution >= 4 is 16.9 Å². The second-order valence-electron chi connectivity index (χ2n) is 5.73. The molecule has 0 saturated carbocycles. The van der Waals surface area contributed by atoms with Crippen LogP contribution in [0.25, 0.3) is 22.2 Å². The highest BCUT2D eigenvalue weighted by atomic mass is 19.1. The second-order valence-corrected chi connectivity index (χ2v) is 5.73. The molecular formula is C19H16F3NO2. The van der Waals surface area contributed by atoms with Gasteiger partial charge in [-0.05, 0) is 54.3 Å². The fourth-order valence-corrected chi connectivity index (χ4v) is 2.91. The topological polar surface area (TPSA) is 42.1 Å². The number of fused-ring (bicyclic) bond motifs is 1. The van der Waals surface area contributed by atoms with Crippen LogP contribution in [0.15, 0.2) is 36.4 Å². The molecule has 0 spiro atoms. The largest absolute Gasteiger partial charge is 0.469 e. The van der Waals surface area contributed by atoms with E-state index in [2.05, 4.69) is 9.72 Å². The van der Waals surface area contributed by atoms with Crippen LogP contribution >= 0.6 is 0 Å². The van der Waals surface area contributed by atoms with Crippen LogP contribution < -0.4 is 0 Å². The van der Waals surface area contributed by atoms with E-state index >= 15 is 0 Å². The van der Waals surface area contributed by atoms with Gasteiger partial charge in [0.2, 0.25) is 0 Å². The van der Waals surface area contributed by atoms with Crippen LogP contribution in [0.4, 0.5) is 13.2 Å². The summed E-state index contributed by atoms with van der Waals surface area (Å²) >= 11 is 0. The number of ether oxygens (including phenoxy) is 1. The number of hydrogen-bond donors (Lipinski definition) is 1. The van der Waals surface area contributed by atoms with Crippen molar-refractivity contribution in [3.05, 3.63) is 59.4 Å². The molecule has 2 aromatic carbocycles. The number of aromatic amines is 1. The second kappa shape index (κ2) is 7.01. The molecule has 0 radical (unpaired) electrons. The highest BCUT2D eigenvalue weighted by Crippen LogP contribution is 2.33. The molecule has 6 heteroatoms. The highest BCUT2D eigenvalue weighted by Gasteiger charge is 2.17. The van der Waals surface area contributed by atoms with Gasteiger partial charge in [-0.15, -0.1) is 0 Å². The number of rotatable bonds is 5. The number of benzene rings is 2. The summed E-state index contributed by atoms with van der Waals surface area (Å²) in [6.07, 6.45) is 1.08. The first-order chi connectivity index (χ1) is 12.0. The van der Waals surface area contributed by atoms with E-state index in [0.29, 0.717) is 35.0 Å². The molecule has 0 bridgehead atoms. The number of methoxy groups -OCH3 is 1. The standard InChI is InChI=1S/C19H16F3NO2/c1-25-17(24)4-2-3-14-15-9-13(21)10-16(22)19(15)23-18(14)11-5-7-12(20)8-6-11/h5-10,23H,2-4H2,1H3. The van der Waals surface area contributed by atoms with Crippen molar-refractivity contribution in [2.75, 3.05) is 7.11 Å². The normalized spacial score (nSPS) is 11.0. The van der Waals surface area contributed by atoms with Gasteiger partial charge in [0.25, 0.3) is 0 Å². The summed E-state index contributed by atoms with van der Waals surface area (Å²) in [6, 6.07) is 7.81. The number of H-pyrrole nitrogens is 1. The van der Waals surface area contributed by atoms with Crippen molar-refractivity contribution < 1.29 is 22.7 Å². The van der Waals surface area contributed by atoms with Gasteiger partial charge in [-0.25, -0.2) is 13.2 Å². The van der Waals surface area contributed by atoms with E-state index in [1.165, 1.54) is 25.3 Å². The lowest BCUT2D eigenvalue weighted by Gasteiger charge is -2.05. The molecule has 130 valence electrons. The van der Waals surface area contributed by atoms with Gasteiger partial charge in [0.1, 0.15) is 17.5 Å². The average molecular weight is 347 g/mol. The SMILES string of the molecule is COC(=O)CCCc1c(-c2ccc(F)cc2)[nH]c2c(F)cc(F)cc12. The Balaban J connectivity index is 2.07. The minimum Gasteiger partial charge on any atom is -0.469 e. The molecule has 0 saturated heterocycles. The third kappa shape index (κ3) is 3.52. The quantitative estimate of drug-likeness (QED) is 0.677. The minimum absolute atomic E-state index is 0.189. The Kier molecular flexibility index (Phi) is 4.79. The molecule has 3 rings (SSSR count). The van der Waals surface area contributed by atoms with Crippen molar-refractivity contribution in [2.24, 2.45) is 0 Å². The lowest BCUT2D eigenvalue weighted by Crippen LogP contribution is -2.00. The molecule has 0 aliphatic rings. The Morgan fingerprint density at radius 2 is 1.80 bits per heavy atom. The van der Waals surface area contributed by atoms with Crippen LogP contribution in [0.2, 0.25) is 0 Å². The first kappa shape index (κ1) is 17.1. The molecular weight excluding hydrogens is 331 g/mol. The number of carbonyl (C=O) groups excluding carboxylic acids is 1. The third-order valence-corrected chi connectivity index (χ3v) is 4.10. The maximum Gasteiger partial charge on any atom is 0.305 e. The van der Waals surface area contributed by atoms with Crippen LogP contribution in [0.1, 0.15) is 18.4 Å². The van der Waals surface area contributed by atoms with Gasteiger partial charge in [-0.3, -0.25) is 4.79 Å². The number of esters is 1. The van der Waals surface area contributed by atoms with Gasteiger partial charge in [0.15, 0.2) is 0 Å². The molecule has 1 aromatic heterocycles. The lowest BCUT2D eigenvalue weighted by molar-refractivity contribution is -0.140. The number of halogens is 3. The summed E-state index contributed by atoms with van der Waals surface area (Å²) in [4.78, 5) is 14.3. The Morgan fingerprint density at radius 3 is 2.48 bits per heavy atom. The van der Waals surface area contributed by atoms with E-state index in [4.69, 9.17) is 0 Å². The minimum atomic E-state index is -0.697. The fraction of sp³-hybridized carbons (Fsp3) is 0.211. The Morgan fingerprint density at radius 1 is 1.08 bits per heavy atom. The van der Waals surface area contributed by atoms with Crippen molar-refractivity contribution in [1.29, 1.82) is 0 Å². The third-order valence-electron chi connectivity index (χ3n) is 4.10. The molecule has 0 amide bonds. The Hall–Kier alpha value is -2.76. The molecule has 1 N–H and O–H groups in total. The van der Waals surface area contributed by atoms with E-state index in [1.807, 2.05) is 0 Å². The summed E-state index contributed by atoms with van der Waals surface area (Å²) in [5, 5.41) is 0.418. The van der Waals surface area contributed by atoms with Gasteiger partial charge in [-0.2, -0.15) is 0 Å². The Bertz CT molecular complexity index is 917. The van der Waals surface area contributed by atoms with Gasteiger partial charge in [0, 0.05) is 23.6 Å². The number of hydrogen-bond acceptors (Lipinski definition) is 2. The van der Waals surface area contributed by atoms with Crippen LogP contribution in [0.5, 0.6) is 0 Å². The maximum atomic E-state index is 14.1. The summed E-state index contributed by atoms with van der Waals surface area (Å²) in [5.74, 6) is -2.11. The molecule has 25 heavy (non-hydrogen) atoms. The first-order valence-electron chi connectivity index (χ1n) is 7.82. The molecule has 3 aromatic rings. The average Bonchev–Trinajstić information content (AvgIpc) is 2.94. The molecule has 0 aliphatic heterocycles.